The number of halogens is 1. The van der Waals surface area contributed by atoms with Crippen molar-refractivity contribution in [3.05, 3.63) is 40.5 Å². The Hall–Kier alpha value is -2.15. The molecule has 0 spiro atoms. The molecule has 0 unspecified atom stereocenters. The van der Waals surface area contributed by atoms with Crippen LogP contribution in [0.15, 0.2) is 34.9 Å². The second-order valence-corrected chi connectivity index (χ2v) is 5.98. The first-order chi connectivity index (χ1) is 10.4. The zero-order valence-corrected chi connectivity index (χ0v) is 14.5. The quantitative estimate of drug-likeness (QED) is 0.904. The molecule has 1 heterocycles. The molecule has 0 bridgehead atoms. The Morgan fingerprint density at radius 3 is 2.41 bits per heavy atom. The highest BCUT2D eigenvalue weighted by molar-refractivity contribution is 9.10. The first-order valence-corrected chi connectivity index (χ1v) is 7.47. The van der Waals surface area contributed by atoms with Gasteiger partial charge in [-0.2, -0.15) is 4.98 Å². The number of carbonyl (C=O) groups is 1. The molecule has 0 aliphatic heterocycles. The smallest absolute Gasteiger partial charge is 0.256 e. The van der Waals surface area contributed by atoms with Crippen LogP contribution in [0.3, 0.4) is 0 Å². The van der Waals surface area contributed by atoms with Crippen molar-refractivity contribution in [3.63, 3.8) is 0 Å². The molecule has 0 fully saturated rings. The monoisotopic (exact) mass is 363 g/mol. The summed E-state index contributed by atoms with van der Waals surface area (Å²) in [5, 5.41) is 2.86. The molecular weight excluding hydrogens is 346 g/mol. The third kappa shape index (κ3) is 3.54. The molecule has 1 aromatic heterocycles. The van der Waals surface area contributed by atoms with Crippen molar-refractivity contribution in [2.45, 2.75) is 0 Å². The van der Waals surface area contributed by atoms with Crippen LogP contribution in [0, 0.1) is 0 Å². The molecule has 1 N–H and O–H groups in total. The minimum absolute atomic E-state index is 0.211. The van der Waals surface area contributed by atoms with Crippen LogP contribution in [0.5, 0.6) is 0 Å². The lowest BCUT2D eigenvalue weighted by Gasteiger charge is -2.19. The molecule has 0 radical (unpaired) electrons. The van der Waals surface area contributed by atoms with Gasteiger partial charge in [0.05, 0.1) is 11.8 Å². The van der Waals surface area contributed by atoms with Crippen molar-refractivity contribution in [1.29, 1.82) is 0 Å². The van der Waals surface area contributed by atoms with Gasteiger partial charge in [0.2, 0.25) is 5.95 Å². The summed E-state index contributed by atoms with van der Waals surface area (Å²) in [6, 6.07) is 7.26. The zero-order valence-electron chi connectivity index (χ0n) is 13.0. The van der Waals surface area contributed by atoms with Crippen LogP contribution < -0.4 is 15.1 Å². The van der Waals surface area contributed by atoms with E-state index < -0.39 is 0 Å². The predicted molar refractivity (Wildman–Crippen MR) is 92.8 cm³/mol. The topological polar surface area (TPSA) is 61.4 Å². The second-order valence-electron chi connectivity index (χ2n) is 5.13. The van der Waals surface area contributed by atoms with Gasteiger partial charge in [-0.25, -0.2) is 4.98 Å². The van der Waals surface area contributed by atoms with Crippen molar-refractivity contribution in [2.75, 3.05) is 43.3 Å². The van der Waals surface area contributed by atoms with Gasteiger partial charge in [0.25, 0.3) is 5.91 Å². The van der Waals surface area contributed by atoms with Crippen molar-refractivity contribution < 1.29 is 4.79 Å². The maximum absolute atomic E-state index is 12.4. The summed E-state index contributed by atoms with van der Waals surface area (Å²) in [6.07, 6.45) is 1.62. The maximum Gasteiger partial charge on any atom is 0.256 e. The maximum atomic E-state index is 12.4. The third-order valence-corrected chi connectivity index (χ3v) is 3.64. The van der Waals surface area contributed by atoms with Crippen molar-refractivity contribution in [1.82, 2.24) is 9.97 Å². The Balaban J connectivity index is 2.33. The Morgan fingerprint density at radius 2 is 1.82 bits per heavy atom. The molecule has 2 rings (SSSR count). The molecule has 0 saturated heterocycles. The van der Waals surface area contributed by atoms with Gasteiger partial charge in [0.1, 0.15) is 5.69 Å². The first-order valence-electron chi connectivity index (χ1n) is 6.67. The Bertz CT molecular complexity index is 687. The summed E-state index contributed by atoms with van der Waals surface area (Å²) >= 11 is 3.38. The molecule has 2 aromatic rings. The number of amides is 1. The molecule has 7 heteroatoms. The summed E-state index contributed by atoms with van der Waals surface area (Å²) in [5.74, 6) is 1.03. The lowest BCUT2D eigenvalue weighted by molar-refractivity contribution is 0.102. The summed E-state index contributed by atoms with van der Waals surface area (Å²) in [7, 11) is 7.48. The van der Waals surface area contributed by atoms with E-state index in [4.69, 9.17) is 0 Å². The van der Waals surface area contributed by atoms with E-state index in [2.05, 4.69) is 31.2 Å². The lowest BCUT2D eigenvalue weighted by Crippen LogP contribution is -2.21. The van der Waals surface area contributed by atoms with E-state index >= 15 is 0 Å². The Labute approximate surface area is 138 Å². The van der Waals surface area contributed by atoms with Crippen LogP contribution in [0.1, 0.15) is 10.4 Å². The number of rotatable bonds is 4. The van der Waals surface area contributed by atoms with E-state index in [1.165, 1.54) is 0 Å². The number of aromatic nitrogens is 2. The van der Waals surface area contributed by atoms with Crippen molar-refractivity contribution >= 4 is 39.3 Å². The van der Waals surface area contributed by atoms with E-state index in [0.29, 0.717) is 23.0 Å². The summed E-state index contributed by atoms with van der Waals surface area (Å²) in [4.78, 5) is 24.8. The standard InChI is InChI=1S/C15H18BrN5O/c1-20(2)13-12(9-17-15(19-13)21(3)4)18-14(22)10-7-5-6-8-11(10)16/h5-9H,1-4H3,(H,18,22). The molecule has 116 valence electrons. The van der Waals surface area contributed by atoms with E-state index in [-0.39, 0.29) is 5.91 Å². The van der Waals surface area contributed by atoms with Crippen molar-refractivity contribution in [2.24, 2.45) is 0 Å². The number of benzene rings is 1. The van der Waals surface area contributed by atoms with E-state index in [1.54, 1.807) is 12.3 Å². The SMILES string of the molecule is CN(C)c1ncc(NC(=O)c2ccccc2Br)c(N(C)C)n1. The number of hydrogen-bond acceptors (Lipinski definition) is 5. The van der Waals surface area contributed by atoms with Gasteiger partial charge in [-0.1, -0.05) is 12.1 Å². The fraction of sp³-hybridized carbons (Fsp3) is 0.267. The number of nitrogens with zero attached hydrogens (tertiary/aromatic N) is 4. The van der Waals surface area contributed by atoms with Crippen LogP contribution in [0.25, 0.3) is 0 Å². The van der Waals surface area contributed by atoms with Gasteiger partial charge in [-0.3, -0.25) is 4.79 Å². The third-order valence-electron chi connectivity index (χ3n) is 2.95. The second kappa shape index (κ2) is 6.74. The number of anilines is 3. The molecule has 0 aliphatic rings. The molecule has 22 heavy (non-hydrogen) atoms. The van der Waals surface area contributed by atoms with Crippen LogP contribution in [0.4, 0.5) is 17.5 Å². The minimum Gasteiger partial charge on any atom is -0.361 e. The van der Waals surface area contributed by atoms with Crippen LogP contribution in [-0.2, 0) is 0 Å². The van der Waals surface area contributed by atoms with Gasteiger partial charge < -0.3 is 15.1 Å². The Kier molecular flexibility index (Phi) is 4.97. The zero-order chi connectivity index (χ0) is 16.3. The van der Waals surface area contributed by atoms with Crippen LogP contribution in [0.2, 0.25) is 0 Å². The van der Waals surface area contributed by atoms with E-state index in [1.807, 2.05) is 56.2 Å². The largest absolute Gasteiger partial charge is 0.361 e. The fourth-order valence-corrected chi connectivity index (χ4v) is 2.31. The molecule has 0 atom stereocenters. The van der Waals surface area contributed by atoms with E-state index in [0.717, 1.165) is 4.47 Å². The highest BCUT2D eigenvalue weighted by Gasteiger charge is 2.15. The summed E-state index contributed by atoms with van der Waals surface area (Å²) < 4.78 is 0.740. The van der Waals surface area contributed by atoms with Crippen molar-refractivity contribution in [3.8, 4) is 0 Å². The molecule has 6 nitrogen and oxygen atoms in total. The fourth-order valence-electron chi connectivity index (χ4n) is 1.84. The Morgan fingerprint density at radius 1 is 1.14 bits per heavy atom. The molecule has 1 amide bonds. The summed E-state index contributed by atoms with van der Waals surface area (Å²) in [6.45, 7) is 0. The van der Waals surface area contributed by atoms with Gasteiger partial charge >= 0.3 is 0 Å². The van der Waals surface area contributed by atoms with Gasteiger partial charge in [-0.15, -0.1) is 0 Å². The average Bonchev–Trinajstić information content (AvgIpc) is 2.47. The van der Waals surface area contributed by atoms with Gasteiger partial charge in [0.15, 0.2) is 5.82 Å². The first kappa shape index (κ1) is 16.2. The average molecular weight is 364 g/mol. The van der Waals surface area contributed by atoms with Gasteiger partial charge in [-0.05, 0) is 28.1 Å². The lowest BCUT2D eigenvalue weighted by atomic mass is 10.2. The highest BCUT2D eigenvalue weighted by atomic mass is 79.9. The number of nitrogens with one attached hydrogen (secondary N) is 1. The van der Waals surface area contributed by atoms with Crippen LogP contribution in [-0.4, -0.2) is 44.1 Å². The number of carbonyl (C=O) groups excluding carboxylic acids is 1. The molecule has 0 saturated carbocycles. The predicted octanol–water partition coefficient (Wildman–Crippen LogP) is 2.62. The molecular formula is C15H18BrN5O. The van der Waals surface area contributed by atoms with Crippen LogP contribution >= 0.6 is 15.9 Å². The minimum atomic E-state index is -0.211. The number of hydrogen-bond donors (Lipinski definition) is 1. The van der Waals surface area contributed by atoms with Gasteiger partial charge in [0, 0.05) is 32.7 Å². The normalized spacial score (nSPS) is 10.2. The molecule has 0 aliphatic carbocycles. The highest BCUT2D eigenvalue weighted by Crippen LogP contribution is 2.24. The summed E-state index contributed by atoms with van der Waals surface area (Å²) in [5.41, 5.74) is 1.13. The van der Waals surface area contributed by atoms with E-state index in [9.17, 15) is 4.79 Å². The molecule has 1 aromatic carbocycles.